The van der Waals surface area contributed by atoms with E-state index in [1.165, 1.54) is 30.2 Å². The Hall–Kier alpha value is -2.26. The second-order valence-corrected chi connectivity index (χ2v) is 8.49. The molecule has 0 spiro atoms. The molecule has 1 aromatic carbocycles. The fourth-order valence-electron chi connectivity index (χ4n) is 2.61. The number of hydrogen-bond acceptors (Lipinski definition) is 6. The molecule has 1 amide bonds. The van der Waals surface area contributed by atoms with Crippen molar-refractivity contribution in [2.45, 2.75) is 30.1 Å². The van der Waals surface area contributed by atoms with Crippen molar-refractivity contribution in [3.8, 4) is 0 Å². The lowest BCUT2D eigenvalue weighted by atomic mass is 10.2. The third-order valence-electron chi connectivity index (χ3n) is 4.04. The number of aromatic nitrogens is 1. The van der Waals surface area contributed by atoms with Gasteiger partial charge in [0.15, 0.2) is 5.13 Å². The van der Waals surface area contributed by atoms with Crippen LogP contribution in [-0.2, 0) is 14.8 Å². The van der Waals surface area contributed by atoms with Gasteiger partial charge in [0.25, 0.3) is 10.0 Å². The molecule has 1 aliphatic heterocycles. The average Bonchev–Trinajstić information content (AvgIpc) is 3.27. The minimum atomic E-state index is -3.54. The van der Waals surface area contributed by atoms with Gasteiger partial charge in [0.1, 0.15) is 5.84 Å². The molecule has 1 aliphatic carbocycles. The normalized spacial score (nSPS) is 19.4. The standard InChI is InChI=1S/C16H16N4O3S2/c21-14(19-16-18-12(9-24-16)10-5-6-10)7-8-17-15-11-3-1-2-4-13(11)25(22,23)20-15/h1-4,9-10H,5-8H2,(H,17,20)(H,18,19,21). The largest absolute Gasteiger partial charge is 0.302 e. The van der Waals surface area contributed by atoms with Gasteiger partial charge in [-0.05, 0) is 25.0 Å². The van der Waals surface area contributed by atoms with Gasteiger partial charge in [0.05, 0.1) is 17.1 Å². The number of anilines is 1. The highest BCUT2D eigenvalue weighted by molar-refractivity contribution is 7.90. The molecule has 4 rings (SSSR count). The molecular formula is C16H16N4O3S2. The molecule has 2 aromatic rings. The number of aliphatic imine (C=N–C) groups is 1. The van der Waals surface area contributed by atoms with Gasteiger partial charge in [-0.2, -0.15) is 0 Å². The summed E-state index contributed by atoms with van der Waals surface area (Å²) < 4.78 is 26.4. The maximum absolute atomic E-state index is 12.0. The zero-order valence-corrected chi connectivity index (χ0v) is 14.9. The minimum Gasteiger partial charge on any atom is -0.302 e. The summed E-state index contributed by atoms with van der Waals surface area (Å²) in [5, 5.41) is 5.35. The van der Waals surface area contributed by atoms with E-state index in [1.807, 2.05) is 5.38 Å². The van der Waals surface area contributed by atoms with E-state index in [-0.39, 0.29) is 29.6 Å². The molecule has 2 aliphatic rings. The number of benzene rings is 1. The highest BCUT2D eigenvalue weighted by Gasteiger charge is 2.30. The maximum Gasteiger partial charge on any atom is 0.263 e. The van der Waals surface area contributed by atoms with Crippen LogP contribution in [0, 0.1) is 0 Å². The predicted octanol–water partition coefficient (Wildman–Crippen LogP) is 2.09. The van der Waals surface area contributed by atoms with Gasteiger partial charge < -0.3 is 5.32 Å². The van der Waals surface area contributed by atoms with E-state index in [0.717, 1.165) is 5.69 Å². The fraction of sp³-hybridized carbons (Fsp3) is 0.312. The first-order valence-corrected chi connectivity index (χ1v) is 10.3. The Morgan fingerprint density at radius 1 is 1.36 bits per heavy atom. The molecule has 0 atom stereocenters. The lowest BCUT2D eigenvalue weighted by Crippen LogP contribution is -2.23. The highest BCUT2D eigenvalue weighted by Crippen LogP contribution is 2.40. The Balaban J connectivity index is 1.37. The van der Waals surface area contributed by atoms with Crippen LogP contribution in [0.25, 0.3) is 0 Å². The van der Waals surface area contributed by atoms with Crippen LogP contribution >= 0.6 is 11.3 Å². The SMILES string of the molecule is O=C(CCN=C1NS(=O)(=O)c2ccccc21)Nc1nc(C2CC2)cs1. The van der Waals surface area contributed by atoms with E-state index in [4.69, 9.17) is 0 Å². The number of amides is 1. The zero-order valence-electron chi connectivity index (χ0n) is 13.2. The van der Waals surface area contributed by atoms with Gasteiger partial charge in [0, 0.05) is 23.3 Å². The molecule has 1 fully saturated rings. The Morgan fingerprint density at radius 3 is 2.96 bits per heavy atom. The van der Waals surface area contributed by atoms with Crippen molar-refractivity contribution in [2.75, 3.05) is 11.9 Å². The minimum absolute atomic E-state index is 0.158. The number of sulfonamides is 1. The summed E-state index contributed by atoms with van der Waals surface area (Å²) in [5.74, 6) is 0.660. The third-order valence-corrected chi connectivity index (χ3v) is 6.21. The Bertz CT molecular complexity index is 961. The molecular weight excluding hydrogens is 360 g/mol. The molecule has 2 heterocycles. The van der Waals surface area contributed by atoms with Crippen LogP contribution in [0.1, 0.15) is 36.4 Å². The Morgan fingerprint density at radius 2 is 2.16 bits per heavy atom. The molecule has 25 heavy (non-hydrogen) atoms. The van der Waals surface area contributed by atoms with Crippen LogP contribution in [0.5, 0.6) is 0 Å². The number of carbonyl (C=O) groups excluding carboxylic acids is 1. The van der Waals surface area contributed by atoms with Crippen LogP contribution < -0.4 is 10.0 Å². The fourth-order valence-corrected chi connectivity index (χ4v) is 4.67. The van der Waals surface area contributed by atoms with Crippen LogP contribution in [0.15, 0.2) is 39.5 Å². The predicted molar refractivity (Wildman–Crippen MR) is 95.5 cm³/mol. The van der Waals surface area contributed by atoms with Crippen molar-refractivity contribution in [2.24, 2.45) is 4.99 Å². The number of rotatable bonds is 5. The third kappa shape index (κ3) is 3.42. The molecule has 9 heteroatoms. The average molecular weight is 376 g/mol. The Kier molecular flexibility index (Phi) is 4.04. The van der Waals surface area contributed by atoms with E-state index in [0.29, 0.717) is 16.6 Å². The summed E-state index contributed by atoms with van der Waals surface area (Å²) in [7, 11) is -3.54. The van der Waals surface area contributed by atoms with E-state index in [9.17, 15) is 13.2 Å². The first kappa shape index (κ1) is 16.2. The van der Waals surface area contributed by atoms with Gasteiger partial charge in [-0.3, -0.25) is 14.5 Å². The van der Waals surface area contributed by atoms with Crippen molar-refractivity contribution >= 4 is 38.2 Å². The molecule has 0 unspecified atom stereocenters. The molecule has 2 N–H and O–H groups in total. The molecule has 0 bridgehead atoms. The van der Waals surface area contributed by atoms with Gasteiger partial charge in [0.2, 0.25) is 5.91 Å². The zero-order chi connectivity index (χ0) is 17.4. The summed E-state index contributed by atoms with van der Waals surface area (Å²) in [5.41, 5.74) is 1.59. The van der Waals surface area contributed by atoms with E-state index < -0.39 is 10.0 Å². The van der Waals surface area contributed by atoms with Crippen molar-refractivity contribution in [1.29, 1.82) is 0 Å². The summed E-state index contributed by atoms with van der Waals surface area (Å²) in [6, 6.07) is 6.65. The summed E-state index contributed by atoms with van der Waals surface area (Å²) in [6.45, 7) is 0.193. The number of fused-ring (bicyclic) bond motifs is 1. The van der Waals surface area contributed by atoms with E-state index >= 15 is 0 Å². The van der Waals surface area contributed by atoms with Gasteiger partial charge in [-0.25, -0.2) is 13.4 Å². The van der Waals surface area contributed by atoms with Crippen molar-refractivity contribution < 1.29 is 13.2 Å². The van der Waals surface area contributed by atoms with Crippen LogP contribution in [-0.4, -0.2) is 31.7 Å². The lowest BCUT2D eigenvalue weighted by molar-refractivity contribution is -0.116. The van der Waals surface area contributed by atoms with Gasteiger partial charge in [-0.15, -0.1) is 11.3 Å². The second kappa shape index (κ2) is 6.23. The number of nitrogens with zero attached hydrogens (tertiary/aromatic N) is 2. The van der Waals surface area contributed by atoms with Gasteiger partial charge in [-0.1, -0.05) is 12.1 Å². The van der Waals surface area contributed by atoms with Crippen LogP contribution in [0.2, 0.25) is 0 Å². The first-order valence-electron chi connectivity index (χ1n) is 7.95. The monoisotopic (exact) mass is 376 g/mol. The molecule has 130 valence electrons. The topological polar surface area (TPSA) is 101 Å². The van der Waals surface area contributed by atoms with Crippen molar-refractivity contribution in [3.05, 3.63) is 40.9 Å². The smallest absolute Gasteiger partial charge is 0.263 e. The van der Waals surface area contributed by atoms with E-state index in [2.05, 4.69) is 20.0 Å². The number of hydrogen-bond donors (Lipinski definition) is 2. The van der Waals surface area contributed by atoms with Crippen molar-refractivity contribution in [3.63, 3.8) is 0 Å². The molecule has 7 nitrogen and oxygen atoms in total. The quantitative estimate of drug-likeness (QED) is 0.834. The molecule has 1 aromatic heterocycles. The molecule has 0 radical (unpaired) electrons. The lowest BCUT2D eigenvalue weighted by Gasteiger charge is -2.01. The summed E-state index contributed by atoms with van der Waals surface area (Å²) >= 11 is 1.42. The maximum atomic E-state index is 12.0. The van der Waals surface area contributed by atoms with E-state index in [1.54, 1.807) is 18.2 Å². The van der Waals surface area contributed by atoms with Crippen LogP contribution in [0.3, 0.4) is 0 Å². The molecule has 1 saturated carbocycles. The highest BCUT2D eigenvalue weighted by atomic mass is 32.2. The van der Waals surface area contributed by atoms with Crippen LogP contribution in [0.4, 0.5) is 5.13 Å². The van der Waals surface area contributed by atoms with Gasteiger partial charge >= 0.3 is 0 Å². The second-order valence-electron chi connectivity index (χ2n) is 5.98. The van der Waals surface area contributed by atoms with Crippen molar-refractivity contribution in [1.82, 2.24) is 9.71 Å². The summed E-state index contributed by atoms with van der Waals surface area (Å²) in [6.07, 6.45) is 2.50. The first-order chi connectivity index (χ1) is 12.0. The number of amidine groups is 1. The number of thiazole rings is 1. The number of nitrogens with one attached hydrogen (secondary N) is 2. The molecule has 0 saturated heterocycles. The summed E-state index contributed by atoms with van der Waals surface area (Å²) in [4.78, 5) is 20.9. The Labute approximate surface area is 149 Å². The number of carbonyl (C=O) groups is 1.